The quantitative estimate of drug-likeness (QED) is 0.524. The fourth-order valence-electron chi connectivity index (χ4n) is 2.65. The van der Waals surface area contributed by atoms with E-state index in [0.29, 0.717) is 6.54 Å². The monoisotopic (exact) mass is 351 g/mol. The molecule has 2 aromatic carbocycles. The summed E-state index contributed by atoms with van der Waals surface area (Å²) < 4.78 is 1.12. The summed E-state index contributed by atoms with van der Waals surface area (Å²) in [7, 11) is 0. The number of imidazole rings is 1. The highest BCUT2D eigenvalue weighted by atomic mass is 32.1. The van der Waals surface area contributed by atoms with Gasteiger partial charge >= 0.3 is 6.03 Å². The smallest absolute Gasteiger partial charge is 0.315 e. The number of thiazole rings is 1. The molecular weight excluding hydrogens is 334 g/mol. The molecule has 25 heavy (non-hydrogen) atoms. The van der Waals surface area contributed by atoms with Gasteiger partial charge in [0.1, 0.15) is 10.8 Å². The molecule has 2 amide bonds. The first-order valence-electron chi connectivity index (χ1n) is 8.02. The van der Waals surface area contributed by atoms with Crippen molar-refractivity contribution in [3.8, 4) is 0 Å². The van der Waals surface area contributed by atoms with Crippen molar-refractivity contribution in [2.45, 2.75) is 19.5 Å². The topological polar surface area (TPSA) is 82.7 Å². The second-order valence-corrected chi connectivity index (χ2v) is 6.88. The third kappa shape index (κ3) is 3.32. The number of aromatic nitrogens is 3. The van der Waals surface area contributed by atoms with Crippen LogP contribution in [-0.2, 0) is 6.54 Å². The van der Waals surface area contributed by atoms with Crippen molar-refractivity contribution in [3.05, 3.63) is 59.4 Å². The molecular formula is C18H17N5OS. The second-order valence-electron chi connectivity index (χ2n) is 5.76. The number of fused-ring (bicyclic) bond motifs is 2. The number of urea groups is 1. The third-order valence-corrected chi connectivity index (χ3v) is 4.94. The number of H-pyrrole nitrogens is 1. The number of hydrogen-bond donors (Lipinski definition) is 3. The van der Waals surface area contributed by atoms with Crippen LogP contribution in [0.3, 0.4) is 0 Å². The van der Waals surface area contributed by atoms with Gasteiger partial charge in [0.2, 0.25) is 0 Å². The fourth-order valence-corrected chi connectivity index (χ4v) is 3.55. The van der Waals surface area contributed by atoms with Crippen molar-refractivity contribution in [3.63, 3.8) is 0 Å². The van der Waals surface area contributed by atoms with E-state index in [4.69, 9.17) is 0 Å². The van der Waals surface area contributed by atoms with E-state index in [2.05, 4.69) is 25.6 Å². The minimum atomic E-state index is -0.243. The molecule has 0 bridgehead atoms. The Morgan fingerprint density at radius 2 is 1.88 bits per heavy atom. The van der Waals surface area contributed by atoms with Crippen molar-refractivity contribution in [1.29, 1.82) is 0 Å². The number of para-hydroxylation sites is 3. The Morgan fingerprint density at radius 1 is 1.12 bits per heavy atom. The van der Waals surface area contributed by atoms with Gasteiger partial charge in [0.15, 0.2) is 0 Å². The number of hydrogen-bond acceptors (Lipinski definition) is 4. The van der Waals surface area contributed by atoms with E-state index in [9.17, 15) is 4.79 Å². The standard InChI is InChI=1S/C18H17N5OS/c1-11(17-22-12-6-2-3-7-13(12)23-17)20-18(24)19-10-16-21-14-8-4-5-9-15(14)25-16/h2-9,11H,10H2,1H3,(H,22,23)(H2,19,20,24). The minimum absolute atomic E-state index is 0.220. The summed E-state index contributed by atoms with van der Waals surface area (Å²) in [4.78, 5) is 24.4. The summed E-state index contributed by atoms with van der Waals surface area (Å²) in [6.07, 6.45) is 0. The van der Waals surface area contributed by atoms with Gasteiger partial charge in [-0.2, -0.15) is 0 Å². The molecule has 2 aromatic heterocycles. The van der Waals surface area contributed by atoms with Crippen LogP contribution in [0.15, 0.2) is 48.5 Å². The molecule has 2 heterocycles. The first-order chi connectivity index (χ1) is 12.2. The van der Waals surface area contributed by atoms with Crippen LogP contribution < -0.4 is 10.6 Å². The number of carbonyl (C=O) groups excluding carboxylic acids is 1. The number of aromatic amines is 1. The molecule has 0 spiro atoms. The van der Waals surface area contributed by atoms with Gasteiger partial charge in [-0.25, -0.2) is 14.8 Å². The maximum absolute atomic E-state index is 12.1. The molecule has 0 radical (unpaired) electrons. The van der Waals surface area contributed by atoms with E-state index < -0.39 is 0 Å². The molecule has 0 aliphatic heterocycles. The molecule has 4 aromatic rings. The largest absolute Gasteiger partial charge is 0.340 e. The van der Waals surface area contributed by atoms with E-state index in [-0.39, 0.29) is 12.1 Å². The number of rotatable bonds is 4. The Hall–Kier alpha value is -2.93. The zero-order valence-electron chi connectivity index (χ0n) is 13.6. The average molecular weight is 351 g/mol. The predicted octanol–water partition coefficient (Wildman–Crippen LogP) is 3.73. The van der Waals surface area contributed by atoms with Crippen LogP contribution in [0.1, 0.15) is 23.8 Å². The summed E-state index contributed by atoms with van der Waals surface area (Å²) >= 11 is 1.59. The summed E-state index contributed by atoms with van der Waals surface area (Å²) in [6.45, 7) is 2.30. The maximum Gasteiger partial charge on any atom is 0.315 e. The van der Waals surface area contributed by atoms with E-state index in [0.717, 1.165) is 32.1 Å². The van der Waals surface area contributed by atoms with E-state index >= 15 is 0 Å². The second kappa shape index (κ2) is 6.52. The summed E-state index contributed by atoms with van der Waals surface area (Å²) in [6, 6.07) is 15.3. The van der Waals surface area contributed by atoms with Crippen molar-refractivity contribution in [2.24, 2.45) is 0 Å². The number of nitrogens with one attached hydrogen (secondary N) is 3. The number of amides is 2. The number of carbonyl (C=O) groups is 1. The molecule has 1 atom stereocenters. The van der Waals surface area contributed by atoms with Gasteiger partial charge in [-0.1, -0.05) is 24.3 Å². The highest BCUT2D eigenvalue weighted by molar-refractivity contribution is 7.18. The summed E-state index contributed by atoms with van der Waals surface area (Å²) in [5.41, 5.74) is 2.81. The van der Waals surface area contributed by atoms with Crippen LogP contribution in [0.5, 0.6) is 0 Å². The number of benzene rings is 2. The molecule has 0 fully saturated rings. The molecule has 6 nitrogen and oxygen atoms in total. The zero-order chi connectivity index (χ0) is 17.2. The molecule has 126 valence electrons. The molecule has 0 aliphatic rings. The lowest BCUT2D eigenvalue weighted by molar-refractivity contribution is 0.237. The summed E-state index contributed by atoms with van der Waals surface area (Å²) in [5.74, 6) is 0.733. The molecule has 0 saturated heterocycles. The van der Waals surface area contributed by atoms with Crippen LogP contribution in [0.4, 0.5) is 4.79 Å². The van der Waals surface area contributed by atoms with Gasteiger partial charge in [-0.15, -0.1) is 11.3 Å². The van der Waals surface area contributed by atoms with Crippen molar-refractivity contribution >= 4 is 38.6 Å². The Bertz CT molecular complexity index is 972. The van der Waals surface area contributed by atoms with Crippen LogP contribution in [-0.4, -0.2) is 21.0 Å². The molecule has 1 unspecified atom stereocenters. The Balaban J connectivity index is 1.37. The maximum atomic E-state index is 12.1. The van der Waals surface area contributed by atoms with Crippen LogP contribution in [0.25, 0.3) is 21.3 Å². The summed E-state index contributed by atoms with van der Waals surface area (Å²) in [5, 5.41) is 6.63. The van der Waals surface area contributed by atoms with Crippen molar-refractivity contribution in [2.75, 3.05) is 0 Å². The first-order valence-corrected chi connectivity index (χ1v) is 8.84. The highest BCUT2D eigenvalue weighted by Gasteiger charge is 2.13. The average Bonchev–Trinajstić information content (AvgIpc) is 3.23. The lowest BCUT2D eigenvalue weighted by Crippen LogP contribution is -2.36. The fraction of sp³-hybridized carbons (Fsp3) is 0.167. The van der Waals surface area contributed by atoms with Crippen LogP contribution >= 0.6 is 11.3 Å². The van der Waals surface area contributed by atoms with Gasteiger partial charge in [-0.05, 0) is 31.2 Å². The number of nitrogens with zero attached hydrogens (tertiary/aromatic N) is 2. The molecule has 0 saturated carbocycles. The van der Waals surface area contributed by atoms with Crippen LogP contribution in [0.2, 0.25) is 0 Å². The van der Waals surface area contributed by atoms with Crippen LogP contribution in [0, 0.1) is 0 Å². The normalized spacial score (nSPS) is 12.4. The Morgan fingerprint density at radius 3 is 2.68 bits per heavy atom. The first kappa shape index (κ1) is 15.6. The Kier molecular flexibility index (Phi) is 4.07. The van der Waals surface area contributed by atoms with Gasteiger partial charge in [0.25, 0.3) is 0 Å². The highest BCUT2D eigenvalue weighted by Crippen LogP contribution is 2.21. The lowest BCUT2D eigenvalue weighted by atomic mass is 10.3. The third-order valence-electron chi connectivity index (χ3n) is 3.90. The van der Waals surface area contributed by atoms with Crippen molar-refractivity contribution in [1.82, 2.24) is 25.6 Å². The Labute approximate surface area is 148 Å². The molecule has 4 rings (SSSR count). The minimum Gasteiger partial charge on any atom is -0.340 e. The van der Waals surface area contributed by atoms with Gasteiger partial charge < -0.3 is 15.6 Å². The van der Waals surface area contributed by atoms with Gasteiger partial charge in [-0.3, -0.25) is 0 Å². The molecule has 0 aliphatic carbocycles. The van der Waals surface area contributed by atoms with Gasteiger partial charge in [0.05, 0.1) is 33.8 Å². The SMILES string of the molecule is CC(NC(=O)NCc1nc2ccccc2s1)c1nc2ccccc2[nH]1. The van der Waals surface area contributed by atoms with Gasteiger partial charge in [0, 0.05) is 0 Å². The predicted molar refractivity (Wildman–Crippen MR) is 99.5 cm³/mol. The molecule has 7 heteroatoms. The van der Waals surface area contributed by atoms with E-state index in [1.54, 1.807) is 11.3 Å². The van der Waals surface area contributed by atoms with E-state index in [1.807, 2.05) is 55.5 Å². The zero-order valence-corrected chi connectivity index (χ0v) is 14.4. The van der Waals surface area contributed by atoms with Crippen molar-refractivity contribution < 1.29 is 4.79 Å². The lowest BCUT2D eigenvalue weighted by Gasteiger charge is -2.11. The molecule has 3 N–H and O–H groups in total. The van der Waals surface area contributed by atoms with E-state index in [1.165, 1.54) is 0 Å².